The first-order chi connectivity index (χ1) is 13.4. The Hall–Kier alpha value is -2.38. The number of halogens is 1. The van der Waals surface area contributed by atoms with Crippen molar-refractivity contribution in [3.63, 3.8) is 0 Å². The zero-order valence-corrected chi connectivity index (χ0v) is 18.7. The summed E-state index contributed by atoms with van der Waals surface area (Å²) < 4.78 is 8.46. The van der Waals surface area contributed by atoms with Gasteiger partial charge in [0.15, 0.2) is 5.11 Å². The van der Waals surface area contributed by atoms with Crippen LogP contribution in [0.25, 0.3) is 0 Å². The van der Waals surface area contributed by atoms with E-state index in [1.807, 2.05) is 55.8 Å². The van der Waals surface area contributed by atoms with E-state index in [9.17, 15) is 0 Å². The molecule has 0 aliphatic carbocycles. The van der Waals surface area contributed by atoms with E-state index in [1.54, 1.807) is 7.11 Å². The van der Waals surface area contributed by atoms with Crippen LogP contribution in [-0.4, -0.2) is 22.0 Å². The first-order valence-corrected chi connectivity index (χ1v) is 10.1. The lowest BCUT2D eigenvalue weighted by molar-refractivity contribution is 0.417. The largest absolute Gasteiger partial charge is 0.495 e. The third-order valence-corrected chi connectivity index (χ3v) is 5.20. The van der Waals surface area contributed by atoms with E-state index >= 15 is 0 Å². The average Bonchev–Trinajstić information content (AvgIpc) is 2.91. The second kappa shape index (κ2) is 8.75. The van der Waals surface area contributed by atoms with Gasteiger partial charge in [0.25, 0.3) is 0 Å². The smallest absolute Gasteiger partial charge is 0.175 e. The van der Waals surface area contributed by atoms with Crippen LogP contribution in [0.3, 0.4) is 0 Å². The van der Waals surface area contributed by atoms with Crippen LogP contribution in [0.1, 0.15) is 22.5 Å². The van der Waals surface area contributed by atoms with E-state index in [0.29, 0.717) is 11.7 Å². The Bertz CT molecular complexity index is 998. The van der Waals surface area contributed by atoms with Gasteiger partial charge in [-0.1, -0.05) is 34.1 Å². The second-order valence-corrected chi connectivity index (χ2v) is 7.94. The molecule has 28 heavy (non-hydrogen) atoms. The van der Waals surface area contributed by atoms with Gasteiger partial charge in [-0.3, -0.25) is 4.68 Å². The van der Waals surface area contributed by atoms with Crippen LogP contribution in [0.15, 0.2) is 46.9 Å². The first kappa shape index (κ1) is 20.4. The van der Waals surface area contributed by atoms with Crippen LogP contribution < -0.4 is 15.4 Å². The molecule has 0 unspecified atom stereocenters. The van der Waals surface area contributed by atoms with Crippen molar-refractivity contribution < 1.29 is 4.74 Å². The third-order valence-electron chi connectivity index (χ3n) is 4.47. The summed E-state index contributed by atoms with van der Waals surface area (Å²) in [5.74, 6) is 0.745. The number of rotatable bonds is 5. The summed E-state index contributed by atoms with van der Waals surface area (Å²) >= 11 is 8.99. The number of aryl methyl sites for hydroxylation is 2. The molecule has 3 rings (SSSR count). The number of hydrogen-bond donors (Lipinski definition) is 2. The summed E-state index contributed by atoms with van der Waals surface area (Å²) in [4.78, 5) is 0. The van der Waals surface area contributed by atoms with Crippen molar-refractivity contribution in [2.75, 3.05) is 17.7 Å². The number of aromatic nitrogens is 2. The minimum atomic E-state index is 0.498. The van der Waals surface area contributed by atoms with Crippen molar-refractivity contribution in [3.05, 3.63) is 69.5 Å². The van der Waals surface area contributed by atoms with Gasteiger partial charge in [0.1, 0.15) is 5.75 Å². The highest BCUT2D eigenvalue weighted by Gasteiger charge is 2.14. The molecule has 1 aromatic heterocycles. The van der Waals surface area contributed by atoms with E-state index in [1.165, 1.54) is 5.56 Å². The van der Waals surface area contributed by atoms with Crippen molar-refractivity contribution in [1.82, 2.24) is 9.78 Å². The number of benzene rings is 2. The van der Waals surface area contributed by atoms with Gasteiger partial charge >= 0.3 is 0 Å². The standard InChI is InChI=1S/C21H23BrN4OS/c1-13-5-10-19(27-4)18(11-13)23-21(28)24-20-14(2)25-26(15(20)3)12-16-6-8-17(22)9-7-16/h5-11H,12H2,1-4H3,(H2,23,24,28). The molecule has 0 saturated carbocycles. The predicted molar refractivity (Wildman–Crippen MR) is 123 cm³/mol. The Balaban J connectivity index is 1.75. The summed E-state index contributed by atoms with van der Waals surface area (Å²) in [6, 6.07) is 14.2. The molecule has 0 aliphatic heterocycles. The minimum Gasteiger partial charge on any atom is -0.495 e. The van der Waals surface area contributed by atoms with Gasteiger partial charge < -0.3 is 15.4 Å². The molecule has 3 aromatic rings. The maximum atomic E-state index is 5.52. The molecule has 0 atom stereocenters. The highest BCUT2D eigenvalue weighted by atomic mass is 79.9. The summed E-state index contributed by atoms with van der Waals surface area (Å²) in [5.41, 5.74) is 5.99. The van der Waals surface area contributed by atoms with Crippen molar-refractivity contribution in [3.8, 4) is 5.75 Å². The molecule has 0 fully saturated rings. The molecule has 0 radical (unpaired) electrons. The number of nitrogens with zero attached hydrogens (tertiary/aromatic N) is 2. The third kappa shape index (κ3) is 4.72. The molecule has 0 aliphatic rings. The Morgan fingerprint density at radius 3 is 2.50 bits per heavy atom. The fourth-order valence-electron chi connectivity index (χ4n) is 2.98. The molecule has 0 amide bonds. The summed E-state index contributed by atoms with van der Waals surface area (Å²) in [6.45, 7) is 6.75. The summed E-state index contributed by atoms with van der Waals surface area (Å²) in [6.07, 6.45) is 0. The molecule has 7 heteroatoms. The monoisotopic (exact) mass is 458 g/mol. The van der Waals surface area contributed by atoms with Crippen molar-refractivity contribution in [2.45, 2.75) is 27.3 Å². The Morgan fingerprint density at radius 1 is 1.11 bits per heavy atom. The van der Waals surface area contributed by atoms with Gasteiger partial charge in [-0.15, -0.1) is 0 Å². The maximum Gasteiger partial charge on any atom is 0.175 e. The number of ether oxygens (including phenoxy) is 1. The summed E-state index contributed by atoms with van der Waals surface area (Å²) in [7, 11) is 1.65. The Kier molecular flexibility index (Phi) is 6.36. The van der Waals surface area contributed by atoms with Crippen LogP contribution in [0.2, 0.25) is 0 Å². The molecule has 0 spiro atoms. The van der Waals surface area contributed by atoms with Gasteiger partial charge in [-0.25, -0.2) is 0 Å². The van der Waals surface area contributed by atoms with Crippen molar-refractivity contribution in [2.24, 2.45) is 0 Å². The fraction of sp³-hybridized carbons (Fsp3) is 0.238. The maximum absolute atomic E-state index is 5.52. The minimum absolute atomic E-state index is 0.498. The molecule has 0 bridgehead atoms. The van der Waals surface area contributed by atoms with E-state index in [4.69, 9.17) is 17.0 Å². The molecule has 0 saturated heterocycles. The van der Waals surface area contributed by atoms with Gasteiger partial charge in [0, 0.05) is 4.47 Å². The molecule has 5 nitrogen and oxygen atoms in total. The molecule has 1 heterocycles. The van der Waals surface area contributed by atoms with Crippen LogP contribution in [0.5, 0.6) is 5.75 Å². The van der Waals surface area contributed by atoms with Crippen molar-refractivity contribution >= 4 is 44.6 Å². The van der Waals surface area contributed by atoms with Crippen LogP contribution >= 0.6 is 28.1 Å². The average molecular weight is 459 g/mol. The van der Waals surface area contributed by atoms with Crippen molar-refractivity contribution in [1.29, 1.82) is 0 Å². The number of thiocarbonyl (C=S) groups is 1. The lowest BCUT2D eigenvalue weighted by Crippen LogP contribution is -2.20. The predicted octanol–water partition coefficient (Wildman–Crippen LogP) is 5.44. The van der Waals surface area contributed by atoms with E-state index in [0.717, 1.165) is 38.5 Å². The van der Waals surface area contributed by atoms with Gasteiger partial charge in [-0.2, -0.15) is 5.10 Å². The van der Waals surface area contributed by atoms with Gasteiger partial charge in [0.05, 0.1) is 36.4 Å². The number of nitrogens with one attached hydrogen (secondary N) is 2. The number of methoxy groups -OCH3 is 1. The van der Waals surface area contributed by atoms with E-state index in [-0.39, 0.29) is 0 Å². The molecule has 2 aromatic carbocycles. The fourth-order valence-corrected chi connectivity index (χ4v) is 3.46. The number of hydrogen-bond acceptors (Lipinski definition) is 3. The quantitative estimate of drug-likeness (QED) is 0.498. The first-order valence-electron chi connectivity index (χ1n) is 8.88. The second-order valence-electron chi connectivity index (χ2n) is 6.61. The van der Waals surface area contributed by atoms with E-state index < -0.39 is 0 Å². The van der Waals surface area contributed by atoms with Crippen LogP contribution in [0.4, 0.5) is 11.4 Å². The van der Waals surface area contributed by atoms with Gasteiger partial charge in [0.2, 0.25) is 0 Å². The SMILES string of the molecule is COc1ccc(C)cc1NC(=S)Nc1c(C)nn(Cc2ccc(Br)cc2)c1C. The van der Waals surface area contributed by atoms with Crippen LogP contribution in [-0.2, 0) is 6.54 Å². The van der Waals surface area contributed by atoms with Gasteiger partial charge in [-0.05, 0) is 68.4 Å². The van der Waals surface area contributed by atoms with Crippen LogP contribution in [0, 0.1) is 20.8 Å². The lowest BCUT2D eigenvalue weighted by atomic mass is 10.2. The normalized spacial score (nSPS) is 10.6. The molecule has 2 N–H and O–H groups in total. The summed E-state index contributed by atoms with van der Waals surface area (Å²) in [5, 5.41) is 11.7. The highest BCUT2D eigenvalue weighted by molar-refractivity contribution is 9.10. The highest BCUT2D eigenvalue weighted by Crippen LogP contribution is 2.26. The molecular weight excluding hydrogens is 436 g/mol. The zero-order chi connectivity index (χ0) is 20.3. The zero-order valence-electron chi connectivity index (χ0n) is 16.3. The Labute approximate surface area is 179 Å². The molecule has 146 valence electrons. The topological polar surface area (TPSA) is 51.1 Å². The number of anilines is 2. The van der Waals surface area contributed by atoms with E-state index in [2.05, 4.69) is 43.8 Å². The Morgan fingerprint density at radius 2 is 1.82 bits per heavy atom. The lowest BCUT2D eigenvalue weighted by Gasteiger charge is -2.14. The molecular formula is C21H23BrN4OS.